The Bertz CT molecular complexity index is 600. The summed E-state index contributed by atoms with van der Waals surface area (Å²) in [4.78, 5) is 46.0. The molecular formula is C26H48N2O8. The van der Waals surface area contributed by atoms with Gasteiger partial charge < -0.3 is 29.6 Å². The van der Waals surface area contributed by atoms with E-state index in [-0.39, 0.29) is 49.1 Å². The summed E-state index contributed by atoms with van der Waals surface area (Å²) >= 11 is 0. The van der Waals surface area contributed by atoms with Gasteiger partial charge in [0.15, 0.2) is 0 Å². The molecule has 10 nitrogen and oxygen atoms in total. The molecule has 1 atom stereocenters. The fourth-order valence-corrected chi connectivity index (χ4v) is 3.01. The molecule has 0 aliphatic heterocycles. The average Bonchev–Trinajstić information content (AvgIpc) is 2.85. The molecule has 0 aromatic carbocycles. The average molecular weight is 517 g/mol. The van der Waals surface area contributed by atoms with Crippen molar-refractivity contribution < 1.29 is 38.1 Å². The second-order valence-corrected chi connectivity index (χ2v) is 8.78. The summed E-state index contributed by atoms with van der Waals surface area (Å²) in [6.07, 6.45) is 6.46. The van der Waals surface area contributed by atoms with Gasteiger partial charge in [0, 0.05) is 38.5 Å². The maximum atomic E-state index is 11.7. The number of hydrogen-bond donors (Lipinski definition) is 2. The quantitative estimate of drug-likeness (QED) is 0.167. The Kier molecular flexibility index (Phi) is 23.5. The Balaban J connectivity index is 3.36. The number of amides is 2. The molecule has 10 heteroatoms. The first kappa shape index (κ1) is 34.1. The molecule has 0 aromatic heterocycles. The van der Waals surface area contributed by atoms with Crippen molar-refractivity contribution in [3.8, 4) is 0 Å². The minimum atomic E-state index is -0.233. The molecule has 36 heavy (non-hydrogen) atoms. The molecule has 0 aliphatic rings. The van der Waals surface area contributed by atoms with Gasteiger partial charge >= 0.3 is 0 Å². The van der Waals surface area contributed by atoms with Gasteiger partial charge in [0.25, 0.3) is 0 Å². The van der Waals surface area contributed by atoms with E-state index in [4.69, 9.17) is 18.9 Å². The lowest BCUT2D eigenvalue weighted by atomic mass is 10.0. The monoisotopic (exact) mass is 516 g/mol. The number of nitrogens with one attached hydrogen (secondary N) is 2. The van der Waals surface area contributed by atoms with E-state index in [1.807, 2.05) is 6.92 Å². The van der Waals surface area contributed by atoms with E-state index in [1.54, 1.807) is 6.92 Å². The smallest absolute Gasteiger partial charge is 0.246 e. The lowest BCUT2D eigenvalue weighted by molar-refractivity contribution is -0.127. The third-order valence-electron chi connectivity index (χ3n) is 5.41. The number of hydrogen-bond acceptors (Lipinski definition) is 8. The van der Waals surface area contributed by atoms with Gasteiger partial charge in [-0.25, -0.2) is 0 Å². The largest absolute Gasteiger partial charge is 0.379 e. The molecular weight excluding hydrogens is 468 g/mol. The number of ether oxygens (including phenoxy) is 4. The van der Waals surface area contributed by atoms with Crippen LogP contribution in [0.2, 0.25) is 0 Å². The molecule has 2 amide bonds. The lowest BCUT2D eigenvalue weighted by Gasteiger charge is -2.09. The summed E-state index contributed by atoms with van der Waals surface area (Å²) in [6, 6.07) is 0. The SMILES string of the molecule is CCCCC(=O)CCCOCCOCC(=O)NCCOCCOCC(=O)NCCCC[C@H](C)C(C)=O. The van der Waals surface area contributed by atoms with Gasteiger partial charge in [0.1, 0.15) is 24.8 Å². The zero-order valence-corrected chi connectivity index (χ0v) is 22.6. The van der Waals surface area contributed by atoms with Crippen LogP contribution in [0.25, 0.3) is 0 Å². The molecule has 0 aliphatic carbocycles. The Morgan fingerprint density at radius 3 is 1.83 bits per heavy atom. The molecule has 0 saturated carbocycles. The van der Waals surface area contributed by atoms with Crippen LogP contribution in [0, 0.1) is 5.92 Å². The normalized spacial score (nSPS) is 11.8. The lowest BCUT2D eigenvalue weighted by Crippen LogP contribution is -2.31. The Labute approximate surface area is 216 Å². The van der Waals surface area contributed by atoms with Gasteiger partial charge in [0.05, 0.1) is 33.0 Å². The van der Waals surface area contributed by atoms with Crippen molar-refractivity contribution in [3.63, 3.8) is 0 Å². The fraction of sp³-hybridized carbons (Fsp3) is 0.846. The molecule has 2 N–H and O–H groups in total. The minimum Gasteiger partial charge on any atom is -0.379 e. The first-order valence-corrected chi connectivity index (χ1v) is 13.2. The maximum absolute atomic E-state index is 11.7. The van der Waals surface area contributed by atoms with Crippen molar-refractivity contribution in [1.29, 1.82) is 0 Å². The highest BCUT2D eigenvalue weighted by Gasteiger charge is 2.07. The van der Waals surface area contributed by atoms with E-state index in [9.17, 15) is 19.2 Å². The van der Waals surface area contributed by atoms with Crippen LogP contribution in [-0.4, -0.2) is 89.3 Å². The Morgan fingerprint density at radius 2 is 1.22 bits per heavy atom. The molecule has 0 saturated heterocycles. The summed E-state index contributed by atoms with van der Waals surface area (Å²) in [7, 11) is 0. The first-order valence-electron chi connectivity index (χ1n) is 13.2. The van der Waals surface area contributed by atoms with Crippen LogP contribution in [0.3, 0.4) is 0 Å². The number of unbranched alkanes of at least 4 members (excludes halogenated alkanes) is 2. The topological polar surface area (TPSA) is 129 Å². The van der Waals surface area contributed by atoms with Crippen LogP contribution in [0.1, 0.15) is 72.1 Å². The molecule has 0 fully saturated rings. The van der Waals surface area contributed by atoms with E-state index in [0.717, 1.165) is 32.1 Å². The molecule has 0 aromatic rings. The van der Waals surface area contributed by atoms with Crippen LogP contribution in [-0.2, 0) is 38.1 Å². The molecule has 0 radical (unpaired) electrons. The van der Waals surface area contributed by atoms with Crippen molar-refractivity contribution >= 4 is 23.4 Å². The Hall–Kier alpha value is -1.88. The number of Topliss-reactive ketones (excluding diaryl/α,β-unsaturated/α-hetero) is 2. The highest BCUT2D eigenvalue weighted by Crippen LogP contribution is 2.07. The van der Waals surface area contributed by atoms with Gasteiger partial charge in [-0.3, -0.25) is 19.2 Å². The summed E-state index contributed by atoms with van der Waals surface area (Å²) in [5.41, 5.74) is 0. The molecule has 0 bridgehead atoms. The molecule has 0 unspecified atom stereocenters. The summed E-state index contributed by atoms with van der Waals surface area (Å²) < 4.78 is 21.3. The molecule has 0 heterocycles. The van der Waals surface area contributed by atoms with Crippen molar-refractivity contribution in [2.75, 3.05) is 65.9 Å². The minimum absolute atomic E-state index is 0.0257. The molecule has 0 rings (SSSR count). The second-order valence-electron chi connectivity index (χ2n) is 8.78. The highest BCUT2D eigenvalue weighted by molar-refractivity contribution is 5.78. The van der Waals surface area contributed by atoms with Gasteiger partial charge in [-0.2, -0.15) is 0 Å². The van der Waals surface area contributed by atoms with Crippen LogP contribution in [0.15, 0.2) is 0 Å². The number of carbonyl (C=O) groups excluding carboxylic acids is 4. The van der Waals surface area contributed by atoms with Crippen molar-refractivity contribution in [3.05, 3.63) is 0 Å². The highest BCUT2D eigenvalue weighted by atomic mass is 16.5. The van der Waals surface area contributed by atoms with Gasteiger partial charge in [0.2, 0.25) is 11.8 Å². The number of carbonyl (C=O) groups is 4. The van der Waals surface area contributed by atoms with E-state index in [2.05, 4.69) is 17.6 Å². The number of rotatable bonds is 26. The van der Waals surface area contributed by atoms with E-state index >= 15 is 0 Å². The van der Waals surface area contributed by atoms with Crippen molar-refractivity contribution in [2.45, 2.75) is 72.1 Å². The number of ketones is 2. The van der Waals surface area contributed by atoms with Gasteiger partial charge in [-0.05, 0) is 32.6 Å². The molecule has 0 spiro atoms. The third kappa shape index (κ3) is 23.8. The van der Waals surface area contributed by atoms with Crippen LogP contribution in [0.5, 0.6) is 0 Å². The predicted octanol–water partition coefficient (Wildman–Crippen LogP) is 2.22. The van der Waals surface area contributed by atoms with Gasteiger partial charge in [-0.15, -0.1) is 0 Å². The van der Waals surface area contributed by atoms with Crippen molar-refractivity contribution in [2.24, 2.45) is 5.92 Å². The van der Waals surface area contributed by atoms with Crippen molar-refractivity contribution in [1.82, 2.24) is 10.6 Å². The van der Waals surface area contributed by atoms with Crippen LogP contribution < -0.4 is 10.6 Å². The van der Waals surface area contributed by atoms with Crippen LogP contribution in [0.4, 0.5) is 0 Å². The van der Waals surface area contributed by atoms with E-state index < -0.39 is 0 Å². The van der Waals surface area contributed by atoms with Crippen LogP contribution >= 0.6 is 0 Å². The summed E-state index contributed by atoms with van der Waals surface area (Å²) in [5.74, 6) is 0.148. The zero-order chi connectivity index (χ0) is 26.9. The maximum Gasteiger partial charge on any atom is 0.246 e. The second kappa shape index (κ2) is 24.8. The van der Waals surface area contributed by atoms with E-state index in [1.165, 1.54) is 0 Å². The first-order chi connectivity index (χ1) is 17.4. The fourth-order valence-electron chi connectivity index (χ4n) is 3.01. The Morgan fingerprint density at radius 1 is 0.667 bits per heavy atom. The zero-order valence-electron chi connectivity index (χ0n) is 22.6. The predicted molar refractivity (Wildman–Crippen MR) is 137 cm³/mol. The molecule has 210 valence electrons. The summed E-state index contributed by atoms with van der Waals surface area (Å²) in [5, 5.41) is 5.47. The summed E-state index contributed by atoms with van der Waals surface area (Å²) in [6.45, 7) is 8.60. The standard InChI is InChI=1S/C26H48N2O8/c1-4-5-10-24(30)11-8-14-33-16-18-35-21-26(32)28-13-15-34-17-19-36-20-25(31)27-12-7-6-9-22(2)23(3)29/h22H,4-21H2,1-3H3,(H,27,31)(H,28,32)/t22-/m0/s1. The van der Waals surface area contributed by atoms with Gasteiger partial charge in [-0.1, -0.05) is 26.7 Å². The van der Waals surface area contributed by atoms with E-state index in [0.29, 0.717) is 65.4 Å². The third-order valence-corrected chi connectivity index (χ3v) is 5.41.